The van der Waals surface area contributed by atoms with E-state index in [0.717, 1.165) is 0 Å². The average Bonchev–Trinajstić information content (AvgIpc) is 2.39. The zero-order chi connectivity index (χ0) is 14.9. The molecule has 0 saturated heterocycles. The summed E-state index contributed by atoms with van der Waals surface area (Å²) in [6.07, 6.45) is 1.48. The van der Waals surface area contributed by atoms with Crippen LogP contribution in [-0.2, 0) is 0 Å². The molecule has 1 N–H and O–H groups in total. The zero-order valence-corrected chi connectivity index (χ0v) is 12.0. The number of aryl methyl sites for hydroxylation is 1. The minimum Gasteiger partial charge on any atom is -0.480 e. The van der Waals surface area contributed by atoms with Gasteiger partial charge in [-0.1, -0.05) is 23.2 Å². The van der Waals surface area contributed by atoms with E-state index in [4.69, 9.17) is 33.0 Å². The number of ether oxygens (including phenoxy) is 1. The third kappa shape index (κ3) is 2.52. The predicted molar refractivity (Wildman–Crippen MR) is 73.5 cm³/mol. The van der Waals surface area contributed by atoms with Gasteiger partial charge < -0.3 is 9.84 Å². The van der Waals surface area contributed by atoms with Crippen molar-refractivity contribution in [3.8, 4) is 17.1 Å². The summed E-state index contributed by atoms with van der Waals surface area (Å²) in [6.45, 7) is 1.66. The molecule has 20 heavy (non-hydrogen) atoms. The van der Waals surface area contributed by atoms with E-state index in [1.807, 2.05) is 0 Å². The highest BCUT2D eigenvalue weighted by molar-refractivity contribution is 6.34. The van der Waals surface area contributed by atoms with Gasteiger partial charge in [-0.05, 0) is 13.0 Å². The van der Waals surface area contributed by atoms with Crippen molar-refractivity contribution in [1.82, 2.24) is 15.0 Å². The summed E-state index contributed by atoms with van der Waals surface area (Å²) in [7, 11) is 1.43. The van der Waals surface area contributed by atoms with E-state index < -0.39 is 5.97 Å². The van der Waals surface area contributed by atoms with Crippen molar-refractivity contribution in [1.29, 1.82) is 0 Å². The number of methoxy groups -OCH3 is 1. The topological polar surface area (TPSA) is 85.2 Å². The molecule has 0 amide bonds. The van der Waals surface area contributed by atoms with Crippen LogP contribution in [0.1, 0.15) is 16.2 Å². The Labute approximate surface area is 124 Å². The highest BCUT2D eigenvalue weighted by atomic mass is 35.5. The molecule has 2 aromatic rings. The molecule has 0 bridgehead atoms. The van der Waals surface area contributed by atoms with Crippen LogP contribution in [0.2, 0.25) is 10.2 Å². The van der Waals surface area contributed by atoms with Crippen LogP contribution in [0.25, 0.3) is 11.3 Å². The molecule has 0 radical (unpaired) electrons. The molecule has 2 aromatic heterocycles. The van der Waals surface area contributed by atoms with Gasteiger partial charge in [0, 0.05) is 11.8 Å². The summed E-state index contributed by atoms with van der Waals surface area (Å²) in [4.78, 5) is 23.0. The number of nitrogens with zero attached hydrogens (tertiary/aromatic N) is 3. The summed E-state index contributed by atoms with van der Waals surface area (Å²) in [5, 5.41) is 9.10. The van der Waals surface area contributed by atoms with Gasteiger partial charge in [-0.2, -0.15) is 0 Å². The van der Waals surface area contributed by atoms with Gasteiger partial charge in [-0.25, -0.2) is 19.7 Å². The fourth-order valence-electron chi connectivity index (χ4n) is 1.63. The summed E-state index contributed by atoms with van der Waals surface area (Å²) >= 11 is 11.9. The Bertz CT molecular complexity index is 692. The highest BCUT2D eigenvalue weighted by Gasteiger charge is 2.19. The third-order valence-corrected chi connectivity index (χ3v) is 3.16. The van der Waals surface area contributed by atoms with Crippen LogP contribution in [0.5, 0.6) is 5.88 Å². The van der Waals surface area contributed by atoms with Gasteiger partial charge in [0.25, 0.3) is 0 Å². The molecular weight excluding hydrogens is 305 g/mol. The number of hydrogen-bond donors (Lipinski definition) is 1. The van der Waals surface area contributed by atoms with Crippen LogP contribution in [-0.4, -0.2) is 33.1 Å². The summed E-state index contributed by atoms with van der Waals surface area (Å²) < 4.78 is 5.01. The average molecular weight is 314 g/mol. The van der Waals surface area contributed by atoms with Gasteiger partial charge in [0.05, 0.1) is 18.5 Å². The van der Waals surface area contributed by atoms with Gasteiger partial charge >= 0.3 is 5.97 Å². The lowest BCUT2D eigenvalue weighted by molar-refractivity contribution is 0.0690. The number of rotatable bonds is 3. The first-order chi connectivity index (χ1) is 9.45. The number of carbonyl (C=O) groups is 1. The number of aromatic nitrogens is 3. The molecule has 0 fully saturated rings. The smallest absolute Gasteiger partial charge is 0.357 e. The first kappa shape index (κ1) is 14.5. The Morgan fingerprint density at radius 1 is 1.35 bits per heavy atom. The maximum atomic E-state index is 11.1. The Morgan fingerprint density at radius 3 is 2.65 bits per heavy atom. The molecule has 6 nitrogen and oxygen atoms in total. The molecule has 2 rings (SSSR count). The quantitative estimate of drug-likeness (QED) is 0.937. The molecule has 8 heteroatoms. The lowest BCUT2D eigenvalue weighted by atomic mass is 10.1. The van der Waals surface area contributed by atoms with Gasteiger partial charge in [-0.3, -0.25) is 0 Å². The molecule has 2 heterocycles. The molecule has 0 aromatic carbocycles. The maximum Gasteiger partial charge on any atom is 0.357 e. The van der Waals surface area contributed by atoms with E-state index in [9.17, 15) is 4.79 Å². The van der Waals surface area contributed by atoms with Crippen molar-refractivity contribution < 1.29 is 14.6 Å². The number of pyridine rings is 1. The number of carboxylic acids is 1. The van der Waals surface area contributed by atoms with Crippen molar-refractivity contribution in [3.63, 3.8) is 0 Å². The van der Waals surface area contributed by atoms with Crippen molar-refractivity contribution in [2.24, 2.45) is 0 Å². The summed E-state index contributed by atoms with van der Waals surface area (Å²) in [6, 6.07) is 1.60. The van der Waals surface area contributed by atoms with Crippen molar-refractivity contribution in [2.45, 2.75) is 6.92 Å². The monoisotopic (exact) mass is 313 g/mol. The van der Waals surface area contributed by atoms with Crippen LogP contribution in [0.3, 0.4) is 0 Å². The molecule has 0 aliphatic carbocycles. The number of halogens is 2. The fraction of sp³-hybridized carbons (Fsp3) is 0.167. The SMILES string of the molecule is COc1nccc(-c2nc(C(=O)O)c(Cl)nc2C)c1Cl. The van der Waals surface area contributed by atoms with Gasteiger partial charge in [0.2, 0.25) is 5.88 Å². The second-order valence-electron chi connectivity index (χ2n) is 3.78. The van der Waals surface area contributed by atoms with Crippen LogP contribution >= 0.6 is 23.2 Å². The molecule has 0 aliphatic rings. The van der Waals surface area contributed by atoms with Crippen molar-refractivity contribution in [3.05, 3.63) is 33.8 Å². The first-order valence-electron chi connectivity index (χ1n) is 5.42. The molecule has 0 saturated carbocycles. The highest BCUT2D eigenvalue weighted by Crippen LogP contribution is 2.34. The van der Waals surface area contributed by atoms with Gasteiger partial charge in [0.15, 0.2) is 10.8 Å². The number of hydrogen-bond acceptors (Lipinski definition) is 5. The lowest BCUT2D eigenvalue weighted by Crippen LogP contribution is -2.06. The molecular formula is C12H9Cl2N3O3. The zero-order valence-electron chi connectivity index (χ0n) is 10.5. The molecule has 0 unspecified atom stereocenters. The molecule has 0 aliphatic heterocycles. The summed E-state index contributed by atoms with van der Waals surface area (Å²) in [5.74, 6) is -1.04. The van der Waals surface area contributed by atoms with Crippen LogP contribution in [0, 0.1) is 6.92 Å². The predicted octanol–water partition coefficient (Wildman–Crippen LogP) is 2.86. The summed E-state index contributed by atoms with van der Waals surface area (Å²) in [5.41, 5.74) is 0.912. The van der Waals surface area contributed by atoms with Crippen molar-refractivity contribution >= 4 is 29.2 Å². The van der Waals surface area contributed by atoms with E-state index in [-0.39, 0.29) is 21.7 Å². The molecule has 0 atom stereocenters. The van der Waals surface area contributed by atoms with Crippen LogP contribution in [0.15, 0.2) is 12.3 Å². The second kappa shape index (κ2) is 5.60. The second-order valence-corrected chi connectivity index (χ2v) is 4.52. The van der Waals surface area contributed by atoms with Crippen molar-refractivity contribution in [2.75, 3.05) is 7.11 Å². The van der Waals surface area contributed by atoms with Gasteiger partial charge in [0.1, 0.15) is 5.02 Å². The Kier molecular flexibility index (Phi) is 4.06. The number of carboxylic acid groups (broad SMARTS) is 1. The van der Waals surface area contributed by atoms with Crippen LogP contribution < -0.4 is 4.74 Å². The lowest BCUT2D eigenvalue weighted by Gasteiger charge is -2.10. The molecule has 104 valence electrons. The van der Waals surface area contributed by atoms with E-state index in [1.54, 1.807) is 13.0 Å². The Balaban J connectivity index is 2.70. The fourth-order valence-corrected chi connectivity index (χ4v) is 2.16. The normalized spacial score (nSPS) is 10.4. The minimum atomic E-state index is -1.26. The first-order valence-corrected chi connectivity index (χ1v) is 6.17. The number of aromatic carboxylic acids is 1. The maximum absolute atomic E-state index is 11.1. The third-order valence-electron chi connectivity index (χ3n) is 2.54. The van der Waals surface area contributed by atoms with Crippen LogP contribution in [0.4, 0.5) is 0 Å². The molecule has 0 spiro atoms. The Morgan fingerprint density at radius 2 is 2.05 bits per heavy atom. The van der Waals surface area contributed by atoms with E-state index in [2.05, 4.69) is 15.0 Å². The standard InChI is InChI=1S/C12H9Cl2N3O3/c1-5-8(17-9(12(18)19)10(14)16-5)6-3-4-15-11(20-2)7(6)13/h3-4H,1-2H3,(H,18,19). The largest absolute Gasteiger partial charge is 0.480 e. The minimum absolute atomic E-state index is 0.170. The van der Waals surface area contributed by atoms with Gasteiger partial charge in [-0.15, -0.1) is 0 Å². The van der Waals surface area contributed by atoms with E-state index in [0.29, 0.717) is 17.0 Å². The Hall–Kier alpha value is -1.92. The van der Waals surface area contributed by atoms with E-state index >= 15 is 0 Å². The van der Waals surface area contributed by atoms with E-state index in [1.165, 1.54) is 13.3 Å².